The minimum Gasteiger partial charge on any atom is -0.495 e. The molecular formula is C25H23ClN2O3. The van der Waals surface area contributed by atoms with Gasteiger partial charge in [-0.1, -0.05) is 29.3 Å². The fourth-order valence-corrected chi connectivity index (χ4v) is 4.01. The number of amides is 2. The van der Waals surface area contributed by atoms with Crippen LogP contribution in [0.2, 0.25) is 5.02 Å². The van der Waals surface area contributed by atoms with Crippen LogP contribution in [0.1, 0.15) is 38.3 Å². The van der Waals surface area contributed by atoms with E-state index in [1.807, 2.05) is 43.3 Å². The fraction of sp³-hybridized carbons (Fsp3) is 0.200. The Kier molecular flexibility index (Phi) is 5.96. The molecule has 0 saturated carbocycles. The van der Waals surface area contributed by atoms with Crippen molar-refractivity contribution in [3.8, 4) is 5.75 Å². The lowest BCUT2D eigenvalue weighted by atomic mass is 9.98. The van der Waals surface area contributed by atoms with E-state index in [4.69, 9.17) is 16.3 Å². The van der Waals surface area contributed by atoms with Crippen LogP contribution in [0.15, 0.2) is 60.7 Å². The van der Waals surface area contributed by atoms with Crippen molar-refractivity contribution in [2.75, 3.05) is 23.9 Å². The van der Waals surface area contributed by atoms with E-state index in [0.717, 1.165) is 29.7 Å². The van der Waals surface area contributed by atoms with Crippen LogP contribution in [-0.2, 0) is 6.42 Å². The summed E-state index contributed by atoms with van der Waals surface area (Å²) < 4.78 is 5.14. The SMILES string of the molecule is COc1ccc(NC(=O)c2ccc3c(c2)CCCN3C(=O)c2ccc(C)cc2)cc1Cl. The van der Waals surface area contributed by atoms with E-state index in [1.54, 1.807) is 36.3 Å². The Bertz CT molecular complexity index is 1140. The molecule has 1 heterocycles. The molecule has 6 heteroatoms. The maximum absolute atomic E-state index is 13.0. The zero-order chi connectivity index (χ0) is 22.0. The van der Waals surface area contributed by atoms with Crippen LogP contribution in [0, 0.1) is 6.92 Å². The van der Waals surface area contributed by atoms with Gasteiger partial charge < -0.3 is 15.0 Å². The second-order valence-electron chi connectivity index (χ2n) is 7.57. The molecule has 3 aromatic carbocycles. The Morgan fingerprint density at radius 1 is 1.00 bits per heavy atom. The van der Waals surface area contributed by atoms with Crippen LogP contribution in [0.25, 0.3) is 0 Å². The molecule has 2 amide bonds. The number of carbonyl (C=O) groups excluding carboxylic acids is 2. The minimum atomic E-state index is -0.231. The Hall–Kier alpha value is -3.31. The second kappa shape index (κ2) is 8.82. The van der Waals surface area contributed by atoms with Gasteiger partial charge >= 0.3 is 0 Å². The first-order valence-electron chi connectivity index (χ1n) is 10.1. The largest absolute Gasteiger partial charge is 0.495 e. The molecule has 0 radical (unpaired) electrons. The van der Waals surface area contributed by atoms with Gasteiger partial charge in [0.05, 0.1) is 12.1 Å². The average Bonchev–Trinajstić information content (AvgIpc) is 2.78. The van der Waals surface area contributed by atoms with E-state index >= 15 is 0 Å². The molecule has 0 aromatic heterocycles. The number of benzene rings is 3. The molecule has 0 aliphatic carbocycles. The minimum absolute atomic E-state index is 0.0222. The van der Waals surface area contributed by atoms with E-state index in [2.05, 4.69) is 5.32 Å². The number of hydrogen-bond donors (Lipinski definition) is 1. The quantitative estimate of drug-likeness (QED) is 0.589. The molecular weight excluding hydrogens is 412 g/mol. The van der Waals surface area contributed by atoms with Gasteiger partial charge in [-0.2, -0.15) is 0 Å². The summed E-state index contributed by atoms with van der Waals surface area (Å²) >= 11 is 6.14. The molecule has 0 spiro atoms. The lowest BCUT2D eigenvalue weighted by Gasteiger charge is -2.30. The van der Waals surface area contributed by atoms with Crippen molar-refractivity contribution < 1.29 is 14.3 Å². The average molecular weight is 435 g/mol. The third-order valence-corrected chi connectivity index (χ3v) is 5.71. The molecule has 158 valence electrons. The Balaban J connectivity index is 1.55. The van der Waals surface area contributed by atoms with Gasteiger partial charge in [-0.05, 0) is 73.9 Å². The maximum atomic E-state index is 13.0. The number of nitrogens with zero attached hydrogens (tertiary/aromatic N) is 1. The van der Waals surface area contributed by atoms with E-state index in [-0.39, 0.29) is 11.8 Å². The van der Waals surface area contributed by atoms with Gasteiger partial charge in [0.2, 0.25) is 0 Å². The van der Waals surface area contributed by atoms with Crippen LogP contribution >= 0.6 is 11.6 Å². The Morgan fingerprint density at radius 3 is 2.45 bits per heavy atom. The summed E-state index contributed by atoms with van der Waals surface area (Å²) in [5.41, 5.74) is 4.76. The Labute approximate surface area is 186 Å². The van der Waals surface area contributed by atoms with Crippen LogP contribution in [0.4, 0.5) is 11.4 Å². The zero-order valence-electron chi connectivity index (χ0n) is 17.4. The predicted octanol–water partition coefficient (Wildman–Crippen LogP) is 5.50. The van der Waals surface area contributed by atoms with E-state index in [9.17, 15) is 9.59 Å². The highest BCUT2D eigenvalue weighted by molar-refractivity contribution is 6.32. The highest BCUT2D eigenvalue weighted by Crippen LogP contribution is 2.31. The van der Waals surface area contributed by atoms with Crippen molar-refractivity contribution in [1.82, 2.24) is 0 Å². The number of ether oxygens (including phenoxy) is 1. The maximum Gasteiger partial charge on any atom is 0.258 e. The lowest BCUT2D eigenvalue weighted by molar-refractivity contribution is 0.0984. The van der Waals surface area contributed by atoms with E-state index in [1.165, 1.54) is 0 Å². The molecule has 31 heavy (non-hydrogen) atoms. The number of rotatable bonds is 4. The first-order valence-corrected chi connectivity index (χ1v) is 10.5. The standard InChI is InChI=1S/C25H23ClN2O3/c1-16-5-7-17(8-6-16)25(30)28-13-3-4-18-14-19(9-11-22(18)28)24(29)27-20-10-12-23(31-2)21(26)15-20/h5-12,14-15H,3-4,13H2,1-2H3,(H,27,29). The van der Waals surface area contributed by atoms with Gasteiger partial charge in [0.1, 0.15) is 5.75 Å². The molecule has 0 atom stereocenters. The number of aryl methyl sites for hydroxylation is 2. The molecule has 1 aliphatic heterocycles. The van der Waals surface area contributed by atoms with Gasteiger partial charge in [0.25, 0.3) is 11.8 Å². The third kappa shape index (κ3) is 4.42. The van der Waals surface area contributed by atoms with E-state index in [0.29, 0.717) is 34.1 Å². The van der Waals surface area contributed by atoms with Gasteiger partial charge in [-0.15, -0.1) is 0 Å². The molecule has 4 rings (SSSR count). The van der Waals surface area contributed by atoms with Crippen molar-refractivity contribution in [1.29, 1.82) is 0 Å². The van der Waals surface area contributed by atoms with Gasteiger partial charge in [-0.3, -0.25) is 9.59 Å². The summed E-state index contributed by atoms with van der Waals surface area (Å²) in [5.74, 6) is 0.295. The van der Waals surface area contributed by atoms with E-state index < -0.39 is 0 Å². The molecule has 0 fully saturated rings. The number of halogens is 1. The molecule has 0 saturated heterocycles. The fourth-order valence-electron chi connectivity index (χ4n) is 3.75. The van der Waals surface area contributed by atoms with Crippen molar-refractivity contribution >= 4 is 34.8 Å². The summed E-state index contributed by atoms with van der Waals surface area (Å²) in [6.07, 6.45) is 1.67. The Morgan fingerprint density at radius 2 is 1.74 bits per heavy atom. The molecule has 5 nitrogen and oxygen atoms in total. The molecule has 1 N–H and O–H groups in total. The molecule has 0 unspecified atom stereocenters. The van der Waals surface area contributed by atoms with Crippen molar-refractivity contribution in [2.24, 2.45) is 0 Å². The van der Waals surface area contributed by atoms with Crippen molar-refractivity contribution in [3.05, 3.63) is 87.9 Å². The molecule has 1 aliphatic rings. The summed E-state index contributed by atoms with van der Waals surface area (Å²) in [7, 11) is 1.54. The summed E-state index contributed by atoms with van der Waals surface area (Å²) in [4.78, 5) is 27.6. The number of carbonyl (C=O) groups is 2. The smallest absolute Gasteiger partial charge is 0.258 e. The summed E-state index contributed by atoms with van der Waals surface area (Å²) in [5, 5.41) is 3.29. The van der Waals surface area contributed by atoms with Crippen molar-refractivity contribution in [2.45, 2.75) is 19.8 Å². The zero-order valence-corrected chi connectivity index (χ0v) is 18.2. The van der Waals surface area contributed by atoms with Crippen LogP contribution in [0.5, 0.6) is 5.75 Å². The van der Waals surface area contributed by atoms with Crippen LogP contribution in [0.3, 0.4) is 0 Å². The monoisotopic (exact) mass is 434 g/mol. The van der Waals surface area contributed by atoms with Gasteiger partial charge in [0, 0.05) is 29.0 Å². The normalized spacial score (nSPS) is 12.8. The van der Waals surface area contributed by atoms with Gasteiger partial charge in [0.15, 0.2) is 0 Å². The first-order chi connectivity index (χ1) is 15.0. The highest BCUT2D eigenvalue weighted by atomic mass is 35.5. The summed E-state index contributed by atoms with van der Waals surface area (Å²) in [6.45, 7) is 2.66. The number of hydrogen-bond acceptors (Lipinski definition) is 3. The third-order valence-electron chi connectivity index (χ3n) is 5.41. The second-order valence-corrected chi connectivity index (χ2v) is 7.98. The number of nitrogens with one attached hydrogen (secondary N) is 1. The predicted molar refractivity (Wildman–Crippen MR) is 124 cm³/mol. The van der Waals surface area contributed by atoms with Crippen LogP contribution < -0.4 is 15.0 Å². The molecule has 0 bridgehead atoms. The van der Waals surface area contributed by atoms with Crippen LogP contribution in [-0.4, -0.2) is 25.5 Å². The summed E-state index contributed by atoms with van der Waals surface area (Å²) in [6, 6.07) is 18.2. The molecule has 3 aromatic rings. The highest BCUT2D eigenvalue weighted by Gasteiger charge is 2.24. The van der Waals surface area contributed by atoms with Gasteiger partial charge in [-0.25, -0.2) is 0 Å². The van der Waals surface area contributed by atoms with Crippen molar-refractivity contribution in [3.63, 3.8) is 0 Å². The number of fused-ring (bicyclic) bond motifs is 1. The topological polar surface area (TPSA) is 58.6 Å². The number of methoxy groups -OCH3 is 1. The first kappa shape index (κ1) is 20.9. The lowest BCUT2D eigenvalue weighted by Crippen LogP contribution is -2.35. The number of anilines is 2.